The van der Waals surface area contributed by atoms with Crippen molar-refractivity contribution in [2.45, 2.75) is 158 Å². The third kappa shape index (κ3) is 17.0. The molecule has 7 aromatic carbocycles. The van der Waals surface area contributed by atoms with Gasteiger partial charge in [-0.15, -0.1) is 0 Å². The molecule has 0 radical (unpaired) electrons. The topological polar surface area (TPSA) is 212 Å². The standard InChI is InChI=1S/C72H85NO16Si/c1-48(74)73-59-65(82-43-52-32-18-8-19-33-52)64(88-70-62(77)61(76)60(75)56(86-70)47-84-90-72(71(2,3)4,54-36-22-10-23-37-54)55-38-24-11-25-39-55)58(46-80-41-50-28-14-6-15-29-50)87-69(59)89-66-63(81-42-51-30-16-7-17-31-51)57(45-79-40-49-26-12-5-13-27-49)85-68(78)67(66)83-44-53-34-20-9-21-35-53/h5-39,56-70,75-78H,40-47,90H2,1-4H3,(H,73,74)/t56-,57+,58-,59+,60-,61-,62-,63+,64-,65-,66-,67+,68+,69+,70-/m0/s1. The van der Waals surface area contributed by atoms with Gasteiger partial charge < -0.3 is 77.5 Å². The van der Waals surface area contributed by atoms with Crippen LogP contribution in [0.1, 0.15) is 66.6 Å². The van der Waals surface area contributed by atoms with Crippen molar-refractivity contribution in [3.63, 3.8) is 0 Å². The Morgan fingerprint density at radius 1 is 0.433 bits per heavy atom. The molecule has 3 saturated heterocycles. The van der Waals surface area contributed by atoms with E-state index >= 15 is 0 Å². The summed E-state index contributed by atoms with van der Waals surface area (Å²) in [6.07, 6.45) is -19.1. The highest BCUT2D eigenvalue weighted by atomic mass is 28.2. The smallest absolute Gasteiger partial charge is 0.217 e. The molecule has 18 heteroatoms. The summed E-state index contributed by atoms with van der Waals surface area (Å²) in [6.45, 7) is 8.05. The van der Waals surface area contributed by atoms with Gasteiger partial charge >= 0.3 is 0 Å². The number of rotatable bonds is 28. The SMILES string of the molecule is CC(=O)N[C@H]1[C@@H](O[C@@H]2[C@@H](OCc3ccccc3)[C@H](O)O[C@H](COCc3ccccc3)[C@H]2OCc2ccccc2)O[C@@H](COCc2ccccc2)[C@H](O[C@@H]2O[C@@H](CO[SiH2]C(c3ccccc3)(c3ccccc3)C(C)(C)C)[C@H](O)[C@H](O)[C@@H]2O)[C@H]1OCc1ccccc1. The predicted octanol–water partition coefficient (Wildman–Crippen LogP) is 7.79. The molecular formula is C72H85NO16Si. The molecule has 1 amide bonds. The van der Waals surface area contributed by atoms with Crippen LogP contribution in [-0.4, -0.2) is 148 Å². The molecule has 90 heavy (non-hydrogen) atoms. The lowest BCUT2D eigenvalue weighted by molar-refractivity contribution is -0.374. The lowest BCUT2D eigenvalue weighted by Crippen LogP contribution is -2.70. The van der Waals surface area contributed by atoms with E-state index in [2.05, 4.69) is 50.4 Å². The average molecular weight is 1250 g/mol. The van der Waals surface area contributed by atoms with Gasteiger partial charge in [0.25, 0.3) is 0 Å². The second-order valence-corrected chi connectivity index (χ2v) is 26.0. The maximum atomic E-state index is 13.8. The molecule has 0 spiro atoms. The predicted molar refractivity (Wildman–Crippen MR) is 338 cm³/mol. The summed E-state index contributed by atoms with van der Waals surface area (Å²) in [6, 6.07) is 67.0. The first-order chi connectivity index (χ1) is 43.8. The van der Waals surface area contributed by atoms with Gasteiger partial charge in [0.2, 0.25) is 5.91 Å². The number of carbonyl (C=O) groups excluding carboxylic acids is 1. The summed E-state index contributed by atoms with van der Waals surface area (Å²) in [7, 11) is -1.64. The Labute approximate surface area is 530 Å². The van der Waals surface area contributed by atoms with E-state index in [0.29, 0.717) is 0 Å². The van der Waals surface area contributed by atoms with Crippen LogP contribution < -0.4 is 5.32 Å². The van der Waals surface area contributed by atoms with Crippen LogP contribution in [0.4, 0.5) is 0 Å². The summed E-state index contributed by atoms with van der Waals surface area (Å²) < 4.78 is 74.7. The fourth-order valence-electron chi connectivity index (χ4n) is 12.2. The zero-order valence-corrected chi connectivity index (χ0v) is 52.8. The Morgan fingerprint density at radius 3 is 1.27 bits per heavy atom. The highest BCUT2D eigenvalue weighted by molar-refractivity contribution is 6.34. The zero-order valence-electron chi connectivity index (χ0n) is 51.4. The highest BCUT2D eigenvalue weighted by Gasteiger charge is 2.56. The van der Waals surface area contributed by atoms with Crippen LogP contribution in [0.5, 0.6) is 0 Å². The summed E-state index contributed by atoms with van der Waals surface area (Å²) in [5, 5.41) is 50.4. The minimum atomic E-state index is -1.81. The van der Waals surface area contributed by atoms with Crippen LogP contribution in [0.25, 0.3) is 0 Å². The first-order valence-electron chi connectivity index (χ1n) is 30.9. The molecule has 0 saturated carbocycles. The third-order valence-corrected chi connectivity index (χ3v) is 19.7. The molecule has 0 bridgehead atoms. The lowest BCUT2D eigenvalue weighted by Gasteiger charge is -2.51. The Kier molecular flexibility index (Phi) is 23.9. The monoisotopic (exact) mass is 1250 g/mol. The van der Waals surface area contributed by atoms with Crippen molar-refractivity contribution in [3.05, 3.63) is 251 Å². The molecule has 10 rings (SSSR count). The van der Waals surface area contributed by atoms with E-state index in [1.807, 2.05) is 188 Å². The maximum Gasteiger partial charge on any atom is 0.217 e. The van der Waals surface area contributed by atoms with Gasteiger partial charge in [0.1, 0.15) is 73.2 Å². The van der Waals surface area contributed by atoms with Crippen molar-refractivity contribution >= 4 is 15.7 Å². The summed E-state index contributed by atoms with van der Waals surface area (Å²) in [5.74, 6) is -0.484. The van der Waals surface area contributed by atoms with Gasteiger partial charge in [-0.05, 0) is 44.4 Å². The molecule has 0 unspecified atom stereocenters. The summed E-state index contributed by atoms with van der Waals surface area (Å²) >= 11 is 0. The number of hydrogen-bond donors (Lipinski definition) is 5. The van der Waals surface area contributed by atoms with Crippen LogP contribution in [0.2, 0.25) is 0 Å². The van der Waals surface area contributed by atoms with Crippen molar-refractivity contribution in [1.82, 2.24) is 5.32 Å². The number of hydrogen-bond acceptors (Lipinski definition) is 16. The van der Waals surface area contributed by atoms with Crippen molar-refractivity contribution in [3.8, 4) is 0 Å². The molecule has 17 nitrogen and oxygen atoms in total. The van der Waals surface area contributed by atoms with E-state index in [1.54, 1.807) is 0 Å². The molecule has 0 aromatic heterocycles. The molecule has 3 heterocycles. The second kappa shape index (κ2) is 32.3. The van der Waals surface area contributed by atoms with E-state index in [0.717, 1.165) is 38.9 Å². The number of aliphatic hydroxyl groups excluding tert-OH is 4. The number of amides is 1. The van der Waals surface area contributed by atoms with Crippen LogP contribution in [0.15, 0.2) is 212 Å². The molecule has 5 N–H and O–H groups in total. The molecular weight excluding hydrogens is 1160 g/mol. The summed E-state index contributed by atoms with van der Waals surface area (Å²) in [4.78, 5) is 13.8. The minimum Gasteiger partial charge on any atom is -0.420 e. The number of aliphatic hydroxyl groups is 4. The first-order valence-corrected chi connectivity index (χ1v) is 32.2. The fraction of sp³-hybridized carbons (Fsp3) is 0.403. The van der Waals surface area contributed by atoms with E-state index in [4.69, 9.17) is 51.8 Å². The number of ether oxygens (including phenoxy) is 10. The molecule has 7 aromatic rings. The largest absolute Gasteiger partial charge is 0.420 e. The number of nitrogens with one attached hydrogen (secondary N) is 1. The second-order valence-electron chi connectivity index (χ2n) is 24.2. The van der Waals surface area contributed by atoms with Gasteiger partial charge in [-0.2, -0.15) is 0 Å². The number of benzene rings is 7. The Bertz CT molecular complexity index is 3160. The molecule has 0 aliphatic carbocycles. The van der Waals surface area contributed by atoms with Gasteiger partial charge in [0, 0.05) is 12.0 Å². The molecule has 3 aliphatic rings. The molecule has 478 valence electrons. The lowest BCUT2D eigenvalue weighted by atomic mass is 9.71. The third-order valence-electron chi connectivity index (χ3n) is 16.9. The van der Waals surface area contributed by atoms with E-state index in [1.165, 1.54) is 6.92 Å². The van der Waals surface area contributed by atoms with Crippen LogP contribution in [0.3, 0.4) is 0 Å². The van der Waals surface area contributed by atoms with Gasteiger partial charge in [-0.25, -0.2) is 0 Å². The van der Waals surface area contributed by atoms with Gasteiger partial charge in [-0.3, -0.25) is 4.79 Å². The average Bonchev–Trinajstić information content (AvgIpc) is 0.796. The summed E-state index contributed by atoms with van der Waals surface area (Å²) in [5.41, 5.74) is 6.05. The molecule has 15 atom stereocenters. The van der Waals surface area contributed by atoms with E-state index < -0.39 is 113 Å². The van der Waals surface area contributed by atoms with Gasteiger partial charge in [0.15, 0.2) is 28.6 Å². The maximum absolute atomic E-state index is 13.8. The van der Waals surface area contributed by atoms with Crippen molar-refractivity contribution in [1.29, 1.82) is 0 Å². The van der Waals surface area contributed by atoms with Crippen molar-refractivity contribution in [2.75, 3.05) is 19.8 Å². The van der Waals surface area contributed by atoms with E-state index in [9.17, 15) is 25.2 Å². The van der Waals surface area contributed by atoms with Crippen molar-refractivity contribution in [2.24, 2.45) is 5.41 Å². The van der Waals surface area contributed by atoms with Crippen LogP contribution in [0, 0.1) is 5.41 Å². The fourth-order valence-corrected chi connectivity index (χ4v) is 14.1. The molecule has 3 aliphatic heterocycles. The Balaban J connectivity index is 1.00. The van der Waals surface area contributed by atoms with Gasteiger partial charge in [-0.1, -0.05) is 233 Å². The Morgan fingerprint density at radius 2 is 0.822 bits per heavy atom. The van der Waals surface area contributed by atoms with Gasteiger partial charge in [0.05, 0.1) is 52.9 Å². The first kappa shape index (κ1) is 66.5. The number of carbonyl (C=O) groups is 1. The van der Waals surface area contributed by atoms with E-state index in [-0.39, 0.29) is 58.3 Å². The zero-order chi connectivity index (χ0) is 62.9. The normalized spacial score (nSPS) is 27.4. The van der Waals surface area contributed by atoms with Crippen LogP contribution >= 0.6 is 0 Å². The van der Waals surface area contributed by atoms with Crippen molar-refractivity contribution < 1.29 is 77.0 Å². The quantitative estimate of drug-likeness (QED) is 0.0296. The highest BCUT2D eigenvalue weighted by Crippen LogP contribution is 2.47. The Hall–Kier alpha value is -6.37. The van der Waals surface area contributed by atoms with Crippen LogP contribution in [-0.2, 0) is 94.7 Å². The minimum absolute atomic E-state index is 0.0109. The molecule has 3 fully saturated rings.